The first-order valence-corrected chi connectivity index (χ1v) is 8.85. The minimum absolute atomic E-state index is 0.0939. The Morgan fingerprint density at radius 1 is 1.21 bits per heavy atom. The molecule has 4 rings (SSSR count). The lowest BCUT2D eigenvalue weighted by Crippen LogP contribution is -2.36. The molecule has 0 unspecified atom stereocenters. The largest absolute Gasteiger partial charge is 0.378 e. The van der Waals surface area contributed by atoms with E-state index in [0.29, 0.717) is 6.61 Å². The fraction of sp³-hybridized carbons (Fsp3) is 0.333. The smallest absolute Gasteiger partial charge is 0.269 e. The zero-order valence-corrected chi connectivity index (χ0v) is 14.5. The molecule has 0 aliphatic carbocycles. The fourth-order valence-corrected chi connectivity index (χ4v) is 4.04. The van der Waals surface area contributed by atoms with Crippen LogP contribution in [0.3, 0.4) is 0 Å². The summed E-state index contributed by atoms with van der Waals surface area (Å²) in [5.74, 6) is 0.273. The zero-order valence-electron chi connectivity index (χ0n) is 12.9. The van der Waals surface area contributed by atoms with E-state index >= 15 is 0 Å². The number of nitro benzene ring substituents is 1. The molecule has 2 aliphatic rings. The fourth-order valence-electron chi connectivity index (χ4n) is 3.77. The summed E-state index contributed by atoms with van der Waals surface area (Å²) < 4.78 is 7.10. The van der Waals surface area contributed by atoms with Gasteiger partial charge in [-0.25, -0.2) is 0 Å². The number of benzene rings is 2. The number of nitro groups is 1. The lowest BCUT2D eigenvalue weighted by Gasteiger charge is -2.43. The third kappa shape index (κ3) is 2.70. The highest BCUT2D eigenvalue weighted by molar-refractivity contribution is 9.10. The summed E-state index contributed by atoms with van der Waals surface area (Å²) >= 11 is 3.48. The van der Waals surface area contributed by atoms with Gasteiger partial charge in [0.1, 0.15) is 0 Å². The molecule has 0 bridgehead atoms. The molecule has 2 heterocycles. The van der Waals surface area contributed by atoms with Crippen LogP contribution in [0.1, 0.15) is 36.1 Å². The number of ether oxygens (including phenoxy) is 1. The molecule has 2 aromatic carbocycles. The number of anilines is 1. The van der Waals surface area contributed by atoms with Crippen molar-refractivity contribution < 1.29 is 9.66 Å². The minimum Gasteiger partial charge on any atom is -0.378 e. The van der Waals surface area contributed by atoms with Crippen molar-refractivity contribution in [3.8, 4) is 0 Å². The van der Waals surface area contributed by atoms with Gasteiger partial charge in [-0.3, -0.25) is 10.1 Å². The van der Waals surface area contributed by atoms with Gasteiger partial charge in [-0.05, 0) is 36.6 Å². The number of nitrogens with zero attached hydrogens (tertiary/aromatic N) is 1. The lowest BCUT2D eigenvalue weighted by atomic mass is 9.77. The van der Waals surface area contributed by atoms with E-state index in [1.807, 2.05) is 12.1 Å². The molecular weight excluding hydrogens is 372 g/mol. The predicted molar refractivity (Wildman–Crippen MR) is 95.0 cm³/mol. The van der Waals surface area contributed by atoms with E-state index in [2.05, 4.69) is 33.4 Å². The molecule has 124 valence electrons. The summed E-state index contributed by atoms with van der Waals surface area (Å²) in [5, 5.41) is 14.7. The van der Waals surface area contributed by atoms with E-state index in [1.165, 1.54) is 5.56 Å². The Morgan fingerprint density at radius 2 is 2.00 bits per heavy atom. The molecule has 1 N–H and O–H groups in total. The van der Waals surface area contributed by atoms with E-state index in [1.54, 1.807) is 18.2 Å². The molecular formula is C18H17BrN2O3. The van der Waals surface area contributed by atoms with E-state index in [4.69, 9.17) is 4.74 Å². The minimum atomic E-state index is -0.348. The van der Waals surface area contributed by atoms with Gasteiger partial charge in [0.2, 0.25) is 0 Å². The van der Waals surface area contributed by atoms with Crippen molar-refractivity contribution in [1.29, 1.82) is 0 Å². The van der Waals surface area contributed by atoms with Crippen LogP contribution in [-0.2, 0) is 4.74 Å². The lowest BCUT2D eigenvalue weighted by molar-refractivity contribution is -0.385. The number of hydrogen-bond acceptors (Lipinski definition) is 4. The highest BCUT2D eigenvalue weighted by Gasteiger charge is 2.40. The van der Waals surface area contributed by atoms with E-state index < -0.39 is 0 Å². The molecule has 0 radical (unpaired) electrons. The molecule has 3 atom stereocenters. The molecule has 0 aromatic heterocycles. The summed E-state index contributed by atoms with van der Waals surface area (Å²) in [5.41, 5.74) is 3.16. The van der Waals surface area contributed by atoms with Gasteiger partial charge in [0, 0.05) is 40.4 Å². The molecule has 6 heteroatoms. The molecule has 5 nitrogen and oxygen atoms in total. The molecule has 1 fully saturated rings. The van der Waals surface area contributed by atoms with Crippen LogP contribution in [0.5, 0.6) is 0 Å². The number of hydrogen-bond donors (Lipinski definition) is 1. The number of rotatable bonds is 2. The molecule has 0 saturated carbocycles. The maximum absolute atomic E-state index is 11.1. The van der Waals surface area contributed by atoms with Gasteiger partial charge in [-0.2, -0.15) is 0 Å². The Labute approximate surface area is 148 Å². The van der Waals surface area contributed by atoms with Gasteiger partial charge in [-0.1, -0.05) is 28.1 Å². The second kappa shape index (κ2) is 6.18. The Hall–Kier alpha value is -1.92. The third-order valence-corrected chi connectivity index (χ3v) is 5.42. The maximum atomic E-state index is 11.1. The molecule has 1 saturated heterocycles. The van der Waals surface area contributed by atoms with Crippen molar-refractivity contribution in [2.24, 2.45) is 5.92 Å². The molecule has 2 aliphatic heterocycles. The van der Waals surface area contributed by atoms with Crippen molar-refractivity contribution in [3.63, 3.8) is 0 Å². The van der Waals surface area contributed by atoms with E-state index in [0.717, 1.165) is 28.6 Å². The van der Waals surface area contributed by atoms with Crippen LogP contribution >= 0.6 is 15.9 Å². The van der Waals surface area contributed by atoms with Gasteiger partial charge >= 0.3 is 0 Å². The predicted octanol–water partition coefficient (Wildman–Crippen LogP) is 4.99. The van der Waals surface area contributed by atoms with Crippen molar-refractivity contribution in [1.82, 2.24) is 0 Å². The van der Waals surface area contributed by atoms with Gasteiger partial charge in [0.25, 0.3) is 5.69 Å². The second-order valence-corrected chi connectivity index (χ2v) is 7.22. The molecule has 0 spiro atoms. The molecule has 24 heavy (non-hydrogen) atoms. The summed E-state index contributed by atoms with van der Waals surface area (Å²) in [6.07, 6.45) is 1.96. The summed E-state index contributed by atoms with van der Waals surface area (Å²) in [6.45, 7) is 0.705. The highest BCUT2D eigenvalue weighted by atomic mass is 79.9. The van der Waals surface area contributed by atoms with Crippen LogP contribution in [0.15, 0.2) is 46.9 Å². The zero-order chi connectivity index (χ0) is 16.7. The van der Waals surface area contributed by atoms with Crippen molar-refractivity contribution in [2.75, 3.05) is 11.9 Å². The quantitative estimate of drug-likeness (QED) is 0.581. The Kier molecular flexibility index (Phi) is 4.02. The van der Waals surface area contributed by atoms with Crippen LogP contribution in [0.25, 0.3) is 0 Å². The number of nitrogens with one attached hydrogen (secondary N) is 1. The average Bonchev–Trinajstić information content (AvgIpc) is 2.61. The van der Waals surface area contributed by atoms with Crippen molar-refractivity contribution >= 4 is 27.3 Å². The van der Waals surface area contributed by atoms with Gasteiger partial charge in [0.05, 0.1) is 17.1 Å². The summed E-state index contributed by atoms with van der Waals surface area (Å²) in [7, 11) is 0. The SMILES string of the molecule is O=[N+]([O-])c1ccc2c(c1)[C@@H]1OCCC[C@@H]1[C@H](c1ccc(Br)cc1)N2. The van der Waals surface area contributed by atoms with E-state index in [-0.39, 0.29) is 28.7 Å². The normalized spacial score (nSPS) is 25.3. The third-order valence-electron chi connectivity index (χ3n) is 4.89. The summed E-state index contributed by atoms with van der Waals surface area (Å²) in [4.78, 5) is 10.8. The standard InChI is InChI=1S/C18H17BrN2O3/c19-12-5-3-11(4-6-12)17-14-2-1-9-24-18(14)15-10-13(21(22)23)7-8-16(15)20-17/h3-8,10,14,17-18,20H,1-2,9H2/t14-,17+,18-/m1/s1. The molecule has 2 aromatic rings. The van der Waals surface area contributed by atoms with Gasteiger partial charge < -0.3 is 10.1 Å². The monoisotopic (exact) mass is 388 g/mol. The Bertz CT molecular complexity index is 778. The van der Waals surface area contributed by atoms with Crippen LogP contribution in [-0.4, -0.2) is 11.5 Å². The van der Waals surface area contributed by atoms with Crippen LogP contribution in [0.4, 0.5) is 11.4 Å². The maximum Gasteiger partial charge on any atom is 0.269 e. The Balaban J connectivity index is 1.77. The van der Waals surface area contributed by atoms with Crippen LogP contribution in [0, 0.1) is 16.0 Å². The van der Waals surface area contributed by atoms with Crippen molar-refractivity contribution in [2.45, 2.75) is 25.0 Å². The van der Waals surface area contributed by atoms with Gasteiger partial charge in [-0.15, -0.1) is 0 Å². The second-order valence-electron chi connectivity index (χ2n) is 6.30. The summed E-state index contributed by atoms with van der Waals surface area (Å²) in [6, 6.07) is 13.5. The van der Waals surface area contributed by atoms with Crippen LogP contribution in [0.2, 0.25) is 0 Å². The topological polar surface area (TPSA) is 64.4 Å². The number of non-ortho nitro benzene ring substituents is 1. The Morgan fingerprint density at radius 3 is 2.75 bits per heavy atom. The molecule has 0 amide bonds. The first kappa shape index (κ1) is 15.6. The van der Waals surface area contributed by atoms with E-state index in [9.17, 15) is 10.1 Å². The number of fused-ring (bicyclic) bond motifs is 3. The first-order chi connectivity index (χ1) is 11.6. The van der Waals surface area contributed by atoms with Gasteiger partial charge in [0.15, 0.2) is 0 Å². The highest BCUT2D eigenvalue weighted by Crippen LogP contribution is 2.49. The van der Waals surface area contributed by atoms with Crippen molar-refractivity contribution in [3.05, 3.63) is 68.2 Å². The number of halogens is 1. The van der Waals surface area contributed by atoms with Crippen LogP contribution < -0.4 is 5.32 Å². The average molecular weight is 389 g/mol. The first-order valence-electron chi connectivity index (χ1n) is 8.05.